The monoisotopic (exact) mass is 403 g/mol. The summed E-state index contributed by atoms with van der Waals surface area (Å²) < 4.78 is 0. The van der Waals surface area contributed by atoms with Crippen molar-refractivity contribution in [2.45, 2.75) is 90.6 Å². The molecule has 0 aromatic heterocycles. The second kappa shape index (κ2) is 11.3. The minimum Gasteiger partial charge on any atom is -0.480 e. The number of hydrogen-bond donors (Lipinski definition) is 1. The van der Waals surface area contributed by atoms with Crippen LogP contribution in [0.4, 0.5) is 5.69 Å². The topological polar surface area (TPSA) is 66.8 Å². The number of anilines is 1. The number of Topliss-reactive ketones (excluding diaryl/α,β-unsaturated/α-hetero) is 1. The Bertz CT molecular complexity index is 665. The summed E-state index contributed by atoms with van der Waals surface area (Å²) in [6.45, 7) is 5.56. The molecular weight excluding hydrogens is 366 g/mol. The lowest BCUT2D eigenvalue weighted by atomic mass is 9.85. The fraction of sp³-hybridized carbons (Fsp3) is 0.667. The van der Waals surface area contributed by atoms with Crippen LogP contribution >= 0.6 is 0 Å². The lowest BCUT2D eigenvalue weighted by Gasteiger charge is -2.33. The Morgan fingerprint density at radius 2 is 1.86 bits per heavy atom. The number of hydrogen-bond acceptors (Lipinski definition) is 4. The number of ketones is 1. The van der Waals surface area contributed by atoms with Crippen LogP contribution in [0, 0.1) is 5.92 Å². The molecule has 0 aliphatic heterocycles. The maximum absolute atomic E-state index is 12.6. The molecule has 1 aromatic rings. The van der Waals surface area contributed by atoms with E-state index in [1.165, 1.54) is 37.2 Å². The SMILES string of the molecule is CCCc1ccccc1N(CC(=O)O)OC(C)(C)CC(=O)CCC1CCCCC1. The Hall–Kier alpha value is -1.88. The first kappa shape index (κ1) is 23.4. The molecule has 2 rings (SSSR count). The van der Waals surface area contributed by atoms with Gasteiger partial charge in [-0.25, -0.2) is 5.06 Å². The van der Waals surface area contributed by atoms with Crippen LogP contribution in [0.1, 0.15) is 84.1 Å². The number of para-hydroxylation sites is 1. The molecule has 29 heavy (non-hydrogen) atoms. The normalized spacial score (nSPS) is 15.3. The van der Waals surface area contributed by atoms with Gasteiger partial charge in [-0.1, -0.05) is 63.6 Å². The lowest BCUT2D eigenvalue weighted by Crippen LogP contribution is -2.41. The molecule has 0 saturated heterocycles. The summed E-state index contributed by atoms with van der Waals surface area (Å²) in [5.74, 6) is -0.0884. The third-order valence-corrected chi connectivity index (χ3v) is 5.59. The van der Waals surface area contributed by atoms with Crippen LogP contribution < -0.4 is 5.06 Å². The average molecular weight is 404 g/mol. The van der Waals surface area contributed by atoms with E-state index in [0.717, 1.165) is 30.5 Å². The molecule has 1 aliphatic carbocycles. The molecular formula is C24H37NO4. The van der Waals surface area contributed by atoms with Gasteiger partial charge in [0.15, 0.2) is 0 Å². The second-order valence-electron chi connectivity index (χ2n) is 8.92. The molecule has 1 aromatic carbocycles. The summed E-state index contributed by atoms with van der Waals surface area (Å²) in [4.78, 5) is 30.2. The van der Waals surface area contributed by atoms with Crippen molar-refractivity contribution >= 4 is 17.4 Å². The van der Waals surface area contributed by atoms with E-state index in [0.29, 0.717) is 12.3 Å². The first-order valence-electron chi connectivity index (χ1n) is 11.1. The largest absolute Gasteiger partial charge is 0.480 e. The van der Waals surface area contributed by atoms with Gasteiger partial charge in [-0.3, -0.25) is 14.4 Å². The van der Waals surface area contributed by atoms with Crippen molar-refractivity contribution in [2.24, 2.45) is 5.92 Å². The van der Waals surface area contributed by atoms with Gasteiger partial charge in [0.05, 0.1) is 11.3 Å². The zero-order valence-electron chi connectivity index (χ0n) is 18.3. The average Bonchev–Trinajstić information content (AvgIpc) is 2.66. The van der Waals surface area contributed by atoms with E-state index in [1.54, 1.807) is 0 Å². The summed E-state index contributed by atoms with van der Waals surface area (Å²) >= 11 is 0. The van der Waals surface area contributed by atoms with Gasteiger partial charge in [-0.2, -0.15) is 0 Å². The van der Waals surface area contributed by atoms with Crippen molar-refractivity contribution in [3.8, 4) is 0 Å². The maximum atomic E-state index is 12.6. The molecule has 5 heteroatoms. The van der Waals surface area contributed by atoms with E-state index < -0.39 is 11.6 Å². The number of nitrogens with zero attached hydrogens (tertiary/aromatic N) is 1. The highest BCUT2D eigenvalue weighted by molar-refractivity contribution is 5.79. The zero-order chi connectivity index (χ0) is 21.3. The molecule has 1 aliphatic rings. The number of aliphatic carboxylic acids is 1. The maximum Gasteiger partial charge on any atom is 0.325 e. The number of aryl methyl sites for hydroxylation is 1. The number of carboxylic acids is 1. The molecule has 5 nitrogen and oxygen atoms in total. The lowest BCUT2D eigenvalue weighted by molar-refractivity contribution is -0.139. The molecule has 0 spiro atoms. The van der Waals surface area contributed by atoms with Gasteiger partial charge in [0.2, 0.25) is 0 Å². The number of hydroxylamine groups is 1. The molecule has 0 heterocycles. The van der Waals surface area contributed by atoms with E-state index in [9.17, 15) is 14.7 Å². The van der Waals surface area contributed by atoms with Crippen LogP contribution in [0.25, 0.3) is 0 Å². The minimum atomic E-state index is -0.962. The van der Waals surface area contributed by atoms with Crippen molar-refractivity contribution in [1.29, 1.82) is 0 Å². The fourth-order valence-electron chi connectivity index (χ4n) is 4.26. The van der Waals surface area contributed by atoms with Crippen LogP contribution in [0.5, 0.6) is 0 Å². The molecule has 0 radical (unpaired) electrons. The molecule has 1 fully saturated rings. The summed E-state index contributed by atoms with van der Waals surface area (Å²) in [7, 11) is 0. The first-order valence-corrected chi connectivity index (χ1v) is 11.1. The number of carboxylic acid groups (broad SMARTS) is 1. The van der Waals surface area contributed by atoms with Crippen molar-refractivity contribution in [2.75, 3.05) is 11.6 Å². The van der Waals surface area contributed by atoms with Crippen molar-refractivity contribution in [3.63, 3.8) is 0 Å². The predicted octanol–water partition coefficient (Wildman–Crippen LogP) is 5.56. The Kier molecular flexibility index (Phi) is 9.15. The van der Waals surface area contributed by atoms with Gasteiger partial charge in [-0.15, -0.1) is 0 Å². The Morgan fingerprint density at radius 1 is 1.17 bits per heavy atom. The first-order chi connectivity index (χ1) is 13.8. The van der Waals surface area contributed by atoms with Crippen LogP contribution in [-0.4, -0.2) is 29.0 Å². The molecule has 0 unspecified atom stereocenters. The highest BCUT2D eigenvalue weighted by Gasteiger charge is 2.29. The molecule has 0 amide bonds. The molecule has 162 valence electrons. The Labute approximate surface area is 175 Å². The van der Waals surface area contributed by atoms with Gasteiger partial charge in [0.25, 0.3) is 0 Å². The number of benzene rings is 1. The summed E-state index contributed by atoms with van der Waals surface area (Å²) in [5.41, 5.74) is 1.05. The number of rotatable bonds is 12. The van der Waals surface area contributed by atoms with Crippen LogP contribution in [0.15, 0.2) is 24.3 Å². The number of carbonyl (C=O) groups excluding carboxylic acids is 1. The highest BCUT2D eigenvalue weighted by Crippen LogP contribution is 2.30. The van der Waals surface area contributed by atoms with Gasteiger partial charge >= 0.3 is 5.97 Å². The van der Waals surface area contributed by atoms with E-state index in [-0.39, 0.29) is 18.7 Å². The molecule has 1 saturated carbocycles. The Balaban J connectivity index is 2.00. The Morgan fingerprint density at radius 3 is 2.52 bits per heavy atom. The quantitative estimate of drug-likeness (QED) is 0.463. The van der Waals surface area contributed by atoms with Crippen LogP contribution in [0.2, 0.25) is 0 Å². The summed E-state index contributed by atoms with van der Waals surface area (Å²) in [5, 5.41) is 10.8. The zero-order valence-corrected chi connectivity index (χ0v) is 18.3. The van der Waals surface area contributed by atoms with Gasteiger partial charge in [0.1, 0.15) is 12.3 Å². The van der Waals surface area contributed by atoms with Crippen LogP contribution in [-0.2, 0) is 20.8 Å². The van der Waals surface area contributed by atoms with Crippen LogP contribution in [0.3, 0.4) is 0 Å². The smallest absolute Gasteiger partial charge is 0.325 e. The molecule has 0 bridgehead atoms. The van der Waals surface area contributed by atoms with Gasteiger partial charge in [0, 0.05) is 12.8 Å². The van der Waals surface area contributed by atoms with Gasteiger partial charge in [-0.05, 0) is 44.2 Å². The van der Waals surface area contributed by atoms with E-state index in [4.69, 9.17) is 4.84 Å². The standard InChI is InChI=1S/C24H37NO4/c1-4-10-20-13-8-9-14-22(20)25(18-23(27)28)29-24(2,3)17-21(26)16-15-19-11-6-5-7-12-19/h8-9,13-14,19H,4-7,10-12,15-18H2,1-3H3,(H,27,28). The highest BCUT2D eigenvalue weighted by atomic mass is 16.7. The van der Waals surface area contributed by atoms with E-state index in [2.05, 4.69) is 6.92 Å². The van der Waals surface area contributed by atoms with Crippen molar-refractivity contribution < 1.29 is 19.5 Å². The number of carbonyl (C=O) groups is 2. The molecule has 0 atom stereocenters. The van der Waals surface area contributed by atoms with E-state index >= 15 is 0 Å². The van der Waals surface area contributed by atoms with Gasteiger partial charge < -0.3 is 5.11 Å². The van der Waals surface area contributed by atoms with Crippen molar-refractivity contribution in [1.82, 2.24) is 0 Å². The second-order valence-corrected chi connectivity index (χ2v) is 8.92. The minimum absolute atomic E-state index is 0.192. The summed E-state index contributed by atoms with van der Waals surface area (Å²) in [6, 6.07) is 7.72. The van der Waals surface area contributed by atoms with Crippen molar-refractivity contribution in [3.05, 3.63) is 29.8 Å². The molecule has 1 N–H and O–H groups in total. The fourth-order valence-corrected chi connectivity index (χ4v) is 4.26. The van der Waals surface area contributed by atoms with E-state index in [1.807, 2.05) is 38.1 Å². The third kappa shape index (κ3) is 8.17. The summed E-state index contributed by atoms with van der Waals surface area (Å²) in [6.07, 6.45) is 10.0. The third-order valence-electron chi connectivity index (χ3n) is 5.59. The predicted molar refractivity (Wildman–Crippen MR) is 116 cm³/mol.